The van der Waals surface area contributed by atoms with Crippen LogP contribution < -0.4 is 10.1 Å². The summed E-state index contributed by atoms with van der Waals surface area (Å²) >= 11 is 1.66. The molecule has 2 heterocycles. The summed E-state index contributed by atoms with van der Waals surface area (Å²) in [7, 11) is 1.60. The first-order chi connectivity index (χ1) is 10.3. The second kappa shape index (κ2) is 6.56. The molecular formula is C16H19FN2OS. The van der Waals surface area contributed by atoms with E-state index in [0.29, 0.717) is 11.3 Å². The first-order valence-electron chi connectivity index (χ1n) is 7.12. The molecule has 1 atom stereocenters. The average molecular weight is 306 g/mol. The number of nitrogens with one attached hydrogen (secondary N) is 1. The number of methoxy groups -OCH3 is 1. The average Bonchev–Trinajstić information content (AvgIpc) is 3.04. The van der Waals surface area contributed by atoms with Gasteiger partial charge in [-0.15, -0.1) is 11.3 Å². The van der Waals surface area contributed by atoms with E-state index in [1.165, 1.54) is 6.07 Å². The zero-order valence-electron chi connectivity index (χ0n) is 12.0. The van der Waals surface area contributed by atoms with Crippen molar-refractivity contribution in [1.82, 2.24) is 10.2 Å². The monoisotopic (exact) mass is 306 g/mol. The zero-order chi connectivity index (χ0) is 14.7. The van der Waals surface area contributed by atoms with Crippen LogP contribution in [0.4, 0.5) is 4.39 Å². The van der Waals surface area contributed by atoms with Gasteiger partial charge in [0.1, 0.15) is 11.6 Å². The summed E-state index contributed by atoms with van der Waals surface area (Å²) in [6.45, 7) is 3.66. The molecule has 3 nitrogen and oxygen atoms in total. The van der Waals surface area contributed by atoms with Crippen molar-refractivity contribution in [1.29, 1.82) is 0 Å². The summed E-state index contributed by atoms with van der Waals surface area (Å²) in [6, 6.07) is 9.05. The number of rotatable bonds is 4. The minimum Gasteiger partial charge on any atom is -0.496 e. The Morgan fingerprint density at radius 2 is 2.05 bits per heavy atom. The Morgan fingerprint density at radius 1 is 1.24 bits per heavy atom. The van der Waals surface area contributed by atoms with Gasteiger partial charge in [-0.3, -0.25) is 4.90 Å². The van der Waals surface area contributed by atoms with Crippen LogP contribution in [0.3, 0.4) is 0 Å². The first kappa shape index (κ1) is 14.5. The summed E-state index contributed by atoms with van der Waals surface area (Å²) in [5.41, 5.74) is 0.643. The summed E-state index contributed by atoms with van der Waals surface area (Å²) in [6.07, 6.45) is 0. The molecule has 1 aliphatic heterocycles. The van der Waals surface area contributed by atoms with Gasteiger partial charge < -0.3 is 10.1 Å². The maximum absolute atomic E-state index is 14.5. The first-order valence-corrected chi connectivity index (χ1v) is 8.00. The molecule has 1 aliphatic rings. The van der Waals surface area contributed by atoms with Gasteiger partial charge in [0.15, 0.2) is 0 Å². The topological polar surface area (TPSA) is 24.5 Å². The van der Waals surface area contributed by atoms with Crippen LogP contribution in [0, 0.1) is 5.82 Å². The minimum absolute atomic E-state index is 0.0803. The van der Waals surface area contributed by atoms with Crippen LogP contribution in [-0.2, 0) is 0 Å². The Hall–Kier alpha value is -1.43. The molecule has 0 unspecified atom stereocenters. The van der Waals surface area contributed by atoms with Gasteiger partial charge in [0.05, 0.1) is 18.7 Å². The predicted octanol–water partition coefficient (Wildman–Crippen LogP) is 2.89. The largest absolute Gasteiger partial charge is 0.496 e. The van der Waals surface area contributed by atoms with E-state index in [-0.39, 0.29) is 11.9 Å². The van der Waals surface area contributed by atoms with E-state index in [2.05, 4.69) is 16.3 Å². The van der Waals surface area contributed by atoms with E-state index in [1.807, 2.05) is 17.5 Å². The summed E-state index contributed by atoms with van der Waals surface area (Å²) < 4.78 is 19.9. The molecule has 1 saturated heterocycles. The molecule has 1 aromatic carbocycles. The van der Waals surface area contributed by atoms with Crippen molar-refractivity contribution < 1.29 is 9.13 Å². The van der Waals surface area contributed by atoms with Gasteiger partial charge >= 0.3 is 0 Å². The zero-order valence-corrected chi connectivity index (χ0v) is 12.8. The van der Waals surface area contributed by atoms with Crippen LogP contribution in [-0.4, -0.2) is 38.2 Å². The van der Waals surface area contributed by atoms with Gasteiger partial charge in [0.2, 0.25) is 0 Å². The molecule has 1 aromatic heterocycles. The highest BCUT2D eigenvalue weighted by molar-refractivity contribution is 7.10. The highest BCUT2D eigenvalue weighted by Gasteiger charge is 2.29. The molecule has 0 bridgehead atoms. The molecular weight excluding hydrogens is 287 g/mol. The molecule has 1 fully saturated rings. The lowest BCUT2D eigenvalue weighted by Gasteiger charge is -2.35. The van der Waals surface area contributed by atoms with Crippen LogP contribution >= 0.6 is 11.3 Å². The summed E-state index contributed by atoms with van der Waals surface area (Å²) in [4.78, 5) is 3.48. The van der Waals surface area contributed by atoms with Gasteiger partial charge in [0.25, 0.3) is 0 Å². The van der Waals surface area contributed by atoms with Crippen LogP contribution in [0.2, 0.25) is 0 Å². The third kappa shape index (κ3) is 2.95. The van der Waals surface area contributed by atoms with Crippen molar-refractivity contribution in [2.24, 2.45) is 0 Å². The van der Waals surface area contributed by atoms with Crippen molar-refractivity contribution in [2.75, 3.05) is 33.3 Å². The number of piperazine rings is 1. The van der Waals surface area contributed by atoms with E-state index < -0.39 is 0 Å². The molecule has 2 aromatic rings. The van der Waals surface area contributed by atoms with Gasteiger partial charge in [-0.2, -0.15) is 0 Å². The van der Waals surface area contributed by atoms with Gasteiger partial charge in [-0.1, -0.05) is 12.1 Å². The number of halogens is 1. The Bertz CT molecular complexity index is 582. The highest BCUT2D eigenvalue weighted by atomic mass is 32.1. The lowest BCUT2D eigenvalue weighted by atomic mass is 10.0. The molecule has 112 valence electrons. The maximum Gasteiger partial charge on any atom is 0.132 e. The van der Waals surface area contributed by atoms with Crippen LogP contribution in [0.5, 0.6) is 5.75 Å². The number of thiophene rings is 1. The van der Waals surface area contributed by atoms with E-state index in [0.717, 1.165) is 31.1 Å². The van der Waals surface area contributed by atoms with Crippen LogP contribution in [0.1, 0.15) is 16.5 Å². The standard InChI is InChI=1S/C16H19FN2OS/c1-20-13-5-2-4-12(17)15(13)16(14-6-3-11-21-14)19-9-7-18-8-10-19/h2-6,11,16,18H,7-10H2,1H3/t16-/m1/s1. The fourth-order valence-electron chi connectivity index (χ4n) is 2.85. The highest BCUT2D eigenvalue weighted by Crippen LogP contribution is 2.38. The number of ether oxygens (including phenoxy) is 1. The van der Waals surface area contributed by atoms with E-state index in [9.17, 15) is 4.39 Å². The molecule has 3 rings (SSSR count). The molecule has 0 saturated carbocycles. The number of hydrogen-bond acceptors (Lipinski definition) is 4. The quantitative estimate of drug-likeness (QED) is 0.940. The summed E-state index contributed by atoms with van der Waals surface area (Å²) in [5.74, 6) is 0.415. The Labute approximate surface area is 128 Å². The maximum atomic E-state index is 14.5. The molecule has 0 radical (unpaired) electrons. The van der Waals surface area contributed by atoms with Gasteiger partial charge in [-0.05, 0) is 23.6 Å². The van der Waals surface area contributed by atoms with E-state index in [1.54, 1.807) is 24.5 Å². The van der Waals surface area contributed by atoms with Crippen molar-refractivity contribution in [3.8, 4) is 5.75 Å². The SMILES string of the molecule is COc1cccc(F)c1[C@@H](c1cccs1)N1CCNCC1. The summed E-state index contributed by atoms with van der Waals surface area (Å²) in [5, 5.41) is 5.39. The normalized spacial score (nSPS) is 17.6. The Kier molecular flexibility index (Phi) is 4.53. The third-order valence-corrected chi connectivity index (χ3v) is 4.76. The van der Waals surface area contributed by atoms with Crippen molar-refractivity contribution in [2.45, 2.75) is 6.04 Å². The number of nitrogens with zero attached hydrogens (tertiary/aromatic N) is 1. The molecule has 0 aliphatic carbocycles. The minimum atomic E-state index is -0.203. The number of hydrogen-bond donors (Lipinski definition) is 1. The lowest BCUT2D eigenvalue weighted by Crippen LogP contribution is -2.45. The smallest absolute Gasteiger partial charge is 0.132 e. The Balaban J connectivity index is 2.07. The van der Waals surface area contributed by atoms with E-state index in [4.69, 9.17) is 4.74 Å². The number of benzene rings is 1. The molecule has 0 amide bonds. The van der Waals surface area contributed by atoms with Crippen molar-refractivity contribution in [3.63, 3.8) is 0 Å². The third-order valence-electron chi connectivity index (χ3n) is 3.84. The molecule has 5 heteroatoms. The van der Waals surface area contributed by atoms with E-state index >= 15 is 0 Å². The molecule has 0 spiro atoms. The lowest BCUT2D eigenvalue weighted by molar-refractivity contribution is 0.194. The Morgan fingerprint density at radius 3 is 2.71 bits per heavy atom. The van der Waals surface area contributed by atoms with Crippen molar-refractivity contribution in [3.05, 3.63) is 52.0 Å². The molecule has 1 N–H and O–H groups in total. The van der Waals surface area contributed by atoms with Crippen LogP contribution in [0.15, 0.2) is 35.7 Å². The second-order valence-electron chi connectivity index (χ2n) is 5.06. The van der Waals surface area contributed by atoms with Gasteiger partial charge in [0, 0.05) is 31.1 Å². The van der Waals surface area contributed by atoms with Crippen molar-refractivity contribution >= 4 is 11.3 Å². The fourth-order valence-corrected chi connectivity index (χ4v) is 3.72. The van der Waals surface area contributed by atoms with Crippen LogP contribution in [0.25, 0.3) is 0 Å². The predicted molar refractivity (Wildman–Crippen MR) is 83.6 cm³/mol. The molecule has 21 heavy (non-hydrogen) atoms. The van der Waals surface area contributed by atoms with Gasteiger partial charge in [-0.25, -0.2) is 4.39 Å². The fraction of sp³-hybridized carbons (Fsp3) is 0.375. The second-order valence-corrected chi connectivity index (χ2v) is 6.04.